The number of esters is 1. The Morgan fingerprint density at radius 2 is 2.12 bits per heavy atom. The minimum Gasteiger partial charge on any atom is -0.465 e. The van der Waals surface area contributed by atoms with Gasteiger partial charge in [0.2, 0.25) is 5.91 Å². The summed E-state index contributed by atoms with van der Waals surface area (Å²) in [6, 6.07) is 5.19. The molecule has 86 valence electrons. The van der Waals surface area contributed by atoms with Gasteiger partial charge in [-0.25, -0.2) is 4.79 Å². The van der Waals surface area contributed by atoms with E-state index in [1.165, 1.54) is 14.0 Å². The molecule has 1 aromatic carbocycles. The standard InChI is InChI=1S/C11H12BrNO3/c1-7(14)13-6-8-5-9(12)3-4-10(8)11(15)16-2/h3-5H,6H2,1-2H3,(H,13,14). The number of carbonyl (C=O) groups excluding carboxylic acids is 2. The van der Waals surface area contributed by atoms with Crippen LogP contribution in [0.2, 0.25) is 0 Å². The van der Waals surface area contributed by atoms with E-state index in [9.17, 15) is 9.59 Å². The molecule has 0 bridgehead atoms. The largest absolute Gasteiger partial charge is 0.465 e. The maximum Gasteiger partial charge on any atom is 0.338 e. The lowest BCUT2D eigenvalue weighted by atomic mass is 10.1. The highest BCUT2D eigenvalue weighted by atomic mass is 79.9. The lowest BCUT2D eigenvalue weighted by Gasteiger charge is -2.08. The van der Waals surface area contributed by atoms with Crippen LogP contribution >= 0.6 is 15.9 Å². The van der Waals surface area contributed by atoms with E-state index in [4.69, 9.17) is 0 Å². The summed E-state index contributed by atoms with van der Waals surface area (Å²) in [6.07, 6.45) is 0. The topological polar surface area (TPSA) is 55.4 Å². The van der Waals surface area contributed by atoms with Gasteiger partial charge in [0.25, 0.3) is 0 Å². The van der Waals surface area contributed by atoms with Crippen molar-refractivity contribution >= 4 is 27.8 Å². The van der Waals surface area contributed by atoms with Crippen LogP contribution in [0.4, 0.5) is 0 Å². The van der Waals surface area contributed by atoms with Crippen molar-refractivity contribution in [3.63, 3.8) is 0 Å². The van der Waals surface area contributed by atoms with E-state index in [1.807, 2.05) is 0 Å². The Labute approximate surface area is 102 Å². The molecule has 0 spiro atoms. The number of ether oxygens (including phenoxy) is 1. The first-order chi connectivity index (χ1) is 7.54. The maximum absolute atomic E-state index is 11.4. The van der Waals surface area contributed by atoms with Crippen molar-refractivity contribution in [1.29, 1.82) is 0 Å². The second kappa shape index (κ2) is 5.65. The molecule has 4 nitrogen and oxygen atoms in total. The number of carbonyl (C=O) groups is 2. The average Bonchev–Trinajstić information content (AvgIpc) is 2.25. The highest BCUT2D eigenvalue weighted by Crippen LogP contribution is 2.17. The smallest absolute Gasteiger partial charge is 0.338 e. The molecule has 0 aromatic heterocycles. The Balaban J connectivity index is 2.98. The van der Waals surface area contributed by atoms with Crippen LogP contribution in [0.3, 0.4) is 0 Å². The predicted molar refractivity (Wildman–Crippen MR) is 63.0 cm³/mol. The second-order valence-electron chi connectivity index (χ2n) is 3.20. The summed E-state index contributed by atoms with van der Waals surface area (Å²) in [5.74, 6) is -0.552. The van der Waals surface area contributed by atoms with Crippen LogP contribution in [0.1, 0.15) is 22.8 Å². The van der Waals surface area contributed by atoms with Crippen molar-refractivity contribution in [3.05, 3.63) is 33.8 Å². The van der Waals surface area contributed by atoms with Crippen LogP contribution in [0.25, 0.3) is 0 Å². The monoisotopic (exact) mass is 285 g/mol. The SMILES string of the molecule is COC(=O)c1ccc(Br)cc1CNC(C)=O. The van der Waals surface area contributed by atoms with Crippen LogP contribution in [0.5, 0.6) is 0 Å². The summed E-state index contributed by atoms with van der Waals surface area (Å²) in [5, 5.41) is 2.64. The molecule has 0 radical (unpaired) electrons. The molecular weight excluding hydrogens is 274 g/mol. The lowest BCUT2D eigenvalue weighted by molar-refractivity contribution is -0.119. The maximum atomic E-state index is 11.4. The Bertz CT molecular complexity index is 418. The van der Waals surface area contributed by atoms with Gasteiger partial charge < -0.3 is 10.1 Å². The summed E-state index contributed by atoms with van der Waals surface area (Å²) in [6.45, 7) is 1.73. The minimum atomic E-state index is -0.409. The molecular formula is C11H12BrNO3. The number of methoxy groups -OCH3 is 1. The van der Waals surface area contributed by atoms with E-state index in [-0.39, 0.29) is 5.91 Å². The number of hydrogen-bond acceptors (Lipinski definition) is 3. The molecule has 0 aliphatic heterocycles. The summed E-state index contributed by atoms with van der Waals surface area (Å²) in [4.78, 5) is 22.3. The average molecular weight is 286 g/mol. The zero-order valence-electron chi connectivity index (χ0n) is 9.04. The number of nitrogens with one attached hydrogen (secondary N) is 1. The molecule has 1 amide bonds. The van der Waals surface area contributed by atoms with Crippen LogP contribution in [0.15, 0.2) is 22.7 Å². The Kier molecular flexibility index (Phi) is 4.49. The van der Waals surface area contributed by atoms with Gasteiger partial charge in [-0.15, -0.1) is 0 Å². The van der Waals surface area contributed by atoms with Gasteiger partial charge in [-0.2, -0.15) is 0 Å². The Morgan fingerprint density at radius 3 is 2.69 bits per heavy atom. The van der Waals surface area contributed by atoms with E-state index in [1.54, 1.807) is 18.2 Å². The van der Waals surface area contributed by atoms with Crippen LogP contribution in [-0.2, 0) is 16.1 Å². The fraction of sp³-hybridized carbons (Fsp3) is 0.273. The lowest BCUT2D eigenvalue weighted by Crippen LogP contribution is -2.20. The summed E-state index contributed by atoms with van der Waals surface area (Å²) < 4.78 is 5.50. The number of amides is 1. The zero-order chi connectivity index (χ0) is 12.1. The van der Waals surface area contributed by atoms with E-state index >= 15 is 0 Å². The van der Waals surface area contributed by atoms with Crippen molar-refractivity contribution in [2.24, 2.45) is 0 Å². The van der Waals surface area contributed by atoms with Crippen molar-refractivity contribution in [2.75, 3.05) is 7.11 Å². The molecule has 5 heteroatoms. The molecule has 0 heterocycles. The summed E-state index contributed by atoms with van der Waals surface area (Å²) in [5.41, 5.74) is 1.18. The highest BCUT2D eigenvalue weighted by molar-refractivity contribution is 9.10. The molecule has 16 heavy (non-hydrogen) atoms. The molecule has 0 atom stereocenters. The Morgan fingerprint density at radius 1 is 1.44 bits per heavy atom. The number of halogens is 1. The first kappa shape index (κ1) is 12.7. The first-order valence-corrected chi connectivity index (χ1v) is 5.45. The molecule has 0 aliphatic rings. The third kappa shape index (κ3) is 3.34. The molecule has 0 saturated carbocycles. The van der Waals surface area contributed by atoms with Gasteiger partial charge in [0.05, 0.1) is 12.7 Å². The van der Waals surface area contributed by atoms with Gasteiger partial charge in [-0.1, -0.05) is 15.9 Å². The van der Waals surface area contributed by atoms with Gasteiger partial charge in [-0.3, -0.25) is 4.79 Å². The first-order valence-electron chi connectivity index (χ1n) is 4.65. The molecule has 0 unspecified atom stereocenters. The quantitative estimate of drug-likeness (QED) is 0.863. The van der Waals surface area contributed by atoms with Crippen LogP contribution < -0.4 is 5.32 Å². The number of hydrogen-bond donors (Lipinski definition) is 1. The molecule has 1 aromatic rings. The fourth-order valence-corrected chi connectivity index (χ4v) is 1.65. The third-order valence-corrected chi connectivity index (χ3v) is 2.49. The second-order valence-corrected chi connectivity index (χ2v) is 4.12. The number of benzene rings is 1. The fourth-order valence-electron chi connectivity index (χ4n) is 1.24. The summed E-state index contributed by atoms with van der Waals surface area (Å²) >= 11 is 3.31. The van der Waals surface area contributed by atoms with E-state index in [0.29, 0.717) is 12.1 Å². The van der Waals surface area contributed by atoms with Gasteiger partial charge in [0, 0.05) is 17.9 Å². The molecule has 1 N–H and O–H groups in total. The molecule has 0 saturated heterocycles. The molecule has 0 fully saturated rings. The van der Waals surface area contributed by atoms with Crippen molar-refractivity contribution in [1.82, 2.24) is 5.32 Å². The van der Waals surface area contributed by atoms with Crippen molar-refractivity contribution in [3.8, 4) is 0 Å². The van der Waals surface area contributed by atoms with Crippen molar-refractivity contribution in [2.45, 2.75) is 13.5 Å². The number of rotatable bonds is 3. The molecule has 1 rings (SSSR count). The minimum absolute atomic E-state index is 0.143. The van der Waals surface area contributed by atoms with Crippen molar-refractivity contribution < 1.29 is 14.3 Å². The normalized spacial score (nSPS) is 9.69. The van der Waals surface area contributed by atoms with Crippen LogP contribution in [0, 0.1) is 0 Å². The predicted octanol–water partition coefficient (Wildman–Crippen LogP) is 1.87. The zero-order valence-corrected chi connectivity index (χ0v) is 10.6. The van der Waals surface area contributed by atoms with Crippen LogP contribution in [-0.4, -0.2) is 19.0 Å². The summed E-state index contributed by atoms with van der Waals surface area (Å²) in [7, 11) is 1.33. The van der Waals surface area contributed by atoms with E-state index in [2.05, 4.69) is 26.0 Å². The van der Waals surface area contributed by atoms with Gasteiger partial charge in [0.1, 0.15) is 0 Å². The molecule has 0 aliphatic carbocycles. The van der Waals surface area contributed by atoms with Gasteiger partial charge >= 0.3 is 5.97 Å². The van der Waals surface area contributed by atoms with Gasteiger partial charge in [-0.05, 0) is 23.8 Å². The van der Waals surface area contributed by atoms with E-state index < -0.39 is 5.97 Å². The third-order valence-electron chi connectivity index (χ3n) is 2.00. The van der Waals surface area contributed by atoms with Gasteiger partial charge in [0.15, 0.2) is 0 Å². The highest BCUT2D eigenvalue weighted by Gasteiger charge is 2.11. The Hall–Kier alpha value is -1.36. The van der Waals surface area contributed by atoms with E-state index in [0.717, 1.165) is 10.0 Å².